The SMILES string of the molecule is C1CCC2(CC1)CCC1(CC2)CCC2(CCCNN2)CC1. The summed E-state index contributed by atoms with van der Waals surface area (Å²) in [7, 11) is 0. The van der Waals surface area contributed by atoms with Gasteiger partial charge >= 0.3 is 0 Å². The summed E-state index contributed by atoms with van der Waals surface area (Å²) in [6.07, 6.45) is 22.5. The molecule has 2 N–H and O–H groups in total. The van der Waals surface area contributed by atoms with Gasteiger partial charge in [0.1, 0.15) is 0 Å². The Balaban J connectivity index is 1.35. The molecule has 0 aromatic carbocycles. The molecule has 0 bridgehead atoms. The zero-order valence-corrected chi connectivity index (χ0v) is 13.8. The molecule has 0 radical (unpaired) electrons. The van der Waals surface area contributed by atoms with Gasteiger partial charge in [-0.3, -0.25) is 10.9 Å². The lowest BCUT2D eigenvalue weighted by atomic mass is 9.54. The average molecular weight is 290 g/mol. The zero-order valence-electron chi connectivity index (χ0n) is 13.8. The van der Waals surface area contributed by atoms with Gasteiger partial charge in [0.15, 0.2) is 0 Å². The second kappa shape index (κ2) is 5.53. The van der Waals surface area contributed by atoms with Gasteiger partial charge in [0.05, 0.1) is 0 Å². The van der Waals surface area contributed by atoms with E-state index in [0.717, 1.165) is 17.4 Å². The Morgan fingerprint density at radius 2 is 1.05 bits per heavy atom. The summed E-state index contributed by atoms with van der Waals surface area (Å²) in [5.41, 5.74) is 9.10. The van der Waals surface area contributed by atoms with Crippen molar-refractivity contribution in [2.45, 2.75) is 102 Å². The summed E-state index contributed by atoms with van der Waals surface area (Å²) in [5, 5.41) is 0. The molecule has 0 aromatic heterocycles. The van der Waals surface area contributed by atoms with Crippen molar-refractivity contribution >= 4 is 0 Å². The largest absolute Gasteiger partial charge is 0.257 e. The quantitative estimate of drug-likeness (QED) is 0.676. The molecule has 120 valence electrons. The molecular weight excluding hydrogens is 256 g/mol. The molecule has 1 saturated heterocycles. The Labute approximate surface area is 130 Å². The van der Waals surface area contributed by atoms with Crippen molar-refractivity contribution in [3.05, 3.63) is 0 Å². The highest BCUT2D eigenvalue weighted by atomic mass is 15.4. The van der Waals surface area contributed by atoms with Crippen molar-refractivity contribution < 1.29 is 0 Å². The van der Waals surface area contributed by atoms with E-state index in [4.69, 9.17) is 0 Å². The number of hydrazine groups is 1. The number of rotatable bonds is 0. The van der Waals surface area contributed by atoms with Crippen LogP contribution in [-0.4, -0.2) is 12.1 Å². The Morgan fingerprint density at radius 1 is 0.476 bits per heavy atom. The molecule has 2 heteroatoms. The molecule has 1 aliphatic heterocycles. The fourth-order valence-corrected chi connectivity index (χ4v) is 6.07. The highest BCUT2D eigenvalue weighted by Gasteiger charge is 2.47. The smallest absolute Gasteiger partial charge is 0.0324 e. The second-order valence-corrected chi connectivity index (χ2v) is 9.00. The van der Waals surface area contributed by atoms with E-state index in [1.807, 2.05) is 0 Å². The summed E-state index contributed by atoms with van der Waals surface area (Å²) in [4.78, 5) is 0. The summed E-state index contributed by atoms with van der Waals surface area (Å²) in [6.45, 7) is 1.16. The Hall–Kier alpha value is -0.0800. The zero-order chi connectivity index (χ0) is 14.2. The van der Waals surface area contributed by atoms with E-state index in [0.29, 0.717) is 5.54 Å². The molecular formula is C19H34N2. The molecule has 4 aliphatic rings. The van der Waals surface area contributed by atoms with E-state index in [1.54, 1.807) is 38.5 Å². The summed E-state index contributed by atoms with van der Waals surface area (Å²) in [6, 6.07) is 0. The second-order valence-electron chi connectivity index (χ2n) is 9.00. The lowest BCUT2D eigenvalue weighted by Gasteiger charge is -2.54. The van der Waals surface area contributed by atoms with E-state index >= 15 is 0 Å². The topological polar surface area (TPSA) is 24.1 Å². The third-order valence-corrected chi connectivity index (χ3v) is 7.86. The maximum Gasteiger partial charge on any atom is 0.0324 e. The monoisotopic (exact) mass is 290 g/mol. The molecule has 2 nitrogen and oxygen atoms in total. The van der Waals surface area contributed by atoms with Crippen LogP contribution in [0.2, 0.25) is 0 Å². The van der Waals surface area contributed by atoms with E-state index in [9.17, 15) is 0 Å². The van der Waals surface area contributed by atoms with Crippen LogP contribution in [0.25, 0.3) is 0 Å². The molecule has 0 atom stereocenters. The highest BCUT2D eigenvalue weighted by Crippen LogP contribution is 2.58. The van der Waals surface area contributed by atoms with Crippen LogP contribution in [0, 0.1) is 10.8 Å². The van der Waals surface area contributed by atoms with Crippen LogP contribution in [0.1, 0.15) is 96.3 Å². The standard InChI is InChI=1S/C19H34N2/c1-2-5-17(6-3-1)8-10-18(11-9-17)12-14-19(15-13-18)7-4-16-20-21-19/h20-21H,1-16H2. The third kappa shape index (κ3) is 2.79. The van der Waals surface area contributed by atoms with Gasteiger partial charge in [-0.1, -0.05) is 19.3 Å². The lowest BCUT2D eigenvalue weighted by Crippen LogP contribution is -2.59. The molecule has 21 heavy (non-hydrogen) atoms. The minimum atomic E-state index is 0.462. The first kappa shape index (κ1) is 14.5. The van der Waals surface area contributed by atoms with Gasteiger partial charge in [-0.05, 0) is 87.9 Å². The van der Waals surface area contributed by atoms with Gasteiger partial charge in [0.2, 0.25) is 0 Å². The van der Waals surface area contributed by atoms with Gasteiger partial charge in [0.25, 0.3) is 0 Å². The maximum absolute atomic E-state index is 3.66. The highest BCUT2D eigenvalue weighted by molar-refractivity contribution is 5.02. The fourth-order valence-electron chi connectivity index (χ4n) is 6.07. The van der Waals surface area contributed by atoms with Crippen LogP contribution in [0.5, 0.6) is 0 Å². The summed E-state index contributed by atoms with van der Waals surface area (Å²) < 4.78 is 0. The van der Waals surface area contributed by atoms with Gasteiger partial charge in [0, 0.05) is 12.1 Å². The van der Waals surface area contributed by atoms with Crippen LogP contribution < -0.4 is 10.9 Å². The lowest BCUT2D eigenvalue weighted by molar-refractivity contribution is -0.00535. The first-order valence-electron chi connectivity index (χ1n) is 9.74. The minimum Gasteiger partial charge on any atom is -0.257 e. The van der Waals surface area contributed by atoms with Crippen molar-refractivity contribution in [1.29, 1.82) is 0 Å². The average Bonchev–Trinajstić information content (AvgIpc) is 2.56. The Bertz CT molecular complexity index is 304. The van der Waals surface area contributed by atoms with Crippen molar-refractivity contribution in [3.8, 4) is 0 Å². The van der Waals surface area contributed by atoms with Crippen LogP contribution >= 0.6 is 0 Å². The van der Waals surface area contributed by atoms with Crippen molar-refractivity contribution in [1.82, 2.24) is 10.9 Å². The minimum absolute atomic E-state index is 0.462. The molecule has 3 aliphatic carbocycles. The molecule has 0 unspecified atom stereocenters. The van der Waals surface area contributed by atoms with E-state index in [1.165, 1.54) is 57.8 Å². The molecule has 3 spiro atoms. The van der Waals surface area contributed by atoms with Gasteiger partial charge in [-0.2, -0.15) is 0 Å². The van der Waals surface area contributed by atoms with E-state index < -0.39 is 0 Å². The van der Waals surface area contributed by atoms with Crippen LogP contribution in [0.15, 0.2) is 0 Å². The van der Waals surface area contributed by atoms with Gasteiger partial charge in [-0.25, -0.2) is 0 Å². The molecule has 0 amide bonds. The van der Waals surface area contributed by atoms with Crippen LogP contribution in [0.3, 0.4) is 0 Å². The fraction of sp³-hybridized carbons (Fsp3) is 1.00. The first-order valence-corrected chi connectivity index (χ1v) is 9.74. The predicted molar refractivity (Wildman–Crippen MR) is 88.0 cm³/mol. The van der Waals surface area contributed by atoms with Gasteiger partial charge in [-0.15, -0.1) is 0 Å². The van der Waals surface area contributed by atoms with Crippen LogP contribution in [0.4, 0.5) is 0 Å². The molecule has 4 rings (SSSR count). The Morgan fingerprint density at radius 3 is 1.62 bits per heavy atom. The molecule has 4 fully saturated rings. The number of hydrogen-bond acceptors (Lipinski definition) is 2. The van der Waals surface area contributed by atoms with Crippen LogP contribution in [-0.2, 0) is 0 Å². The maximum atomic E-state index is 3.66. The van der Waals surface area contributed by atoms with Gasteiger partial charge < -0.3 is 0 Å². The van der Waals surface area contributed by atoms with Crippen molar-refractivity contribution in [2.75, 3.05) is 6.54 Å². The summed E-state index contributed by atoms with van der Waals surface area (Å²) in [5.74, 6) is 0. The molecule has 0 aromatic rings. The molecule has 3 saturated carbocycles. The number of hydrogen-bond donors (Lipinski definition) is 2. The summed E-state index contributed by atoms with van der Waals surface area (Å²) >= 11 is 0. The van der Waals surface area contributed by atoms with Crippen molar-refractivity contribution in [2.24, 2.45) is 10.8 Å². The normalized spacial score (nSPS) is 34.3. The molecule has 1 heterocycles. The van der Waals surface area contributed by atoms with Crippen molar-refractivity contribution in [3.63, 3.8) is 0 Å². The third-order valence-electron chi connectivity index (χ3n) is 7.86. The van der Waals surface area contributed by atoms with E-state index in [2.05, 4.69) is 10.9 Å². The van der Waals surface area contributed by atoms with E-state index in [-0.39, 0.29) is 0 Å². The Kier molecular flexibility index (Phi) is 3.82. The first-order chi connectivity index (χ1) is 10.2. The number of nitrogens with one attached hydrogen (secondary N) is 2. The predicted octanol–water partition coefficient (Wildman–Crippen LogP) is 4.70.